The zero-order valence-electron chi connectivity index (χ0n) is 17.4. The lowest BCUT2D eigenvalue weighted by Gasteiger charge is -2.13. The monoisotopic (exact) mass is 406 g/mol. The molecule has 6 aromatic rings. The number of pyridine rings is 1. The molecule has 2 aromatic heterocycles. The number of nitrogens with zero attached hydrogens (tertiary/aromatic N) is 2. The molecule has 0 aliphatic rings. The van der Waals surface area contributed by atoms with Gasteiger partial charge in [0.05, 0.1) is 16.7 Å². The van der Waals surface area contributed by atoms with Gasteiger partial charge < -0.3 is 0 Å². The van der Waals surface area contributed by atoms with Crippen LogP contribution >= 0.6 is 0 Å². The number of aromatic nitrogens is 2. The van der Waals surface area contributed by atoms with E-state index in [0.29, 0.717) is 0 Å². The molecule has 0 amide bonds. The van der Waals surface area contributed by atoms with Crippen molar-refractivity contribution in [3.8, 4) is 28.2 Å². The summed E-state index contributed by atoms with van der Waals surface area (Å²) in [6.45, 7) is 0. The summed E-state index contributed by atoms with van der Waals surface area (Å²) in [5.41, 5.74) is 7.23. The van der Waals surface area contributed by atoms with Crippen molar-refractivity contribution in [2.24, 2.45) is 0 Å². The molecule has 0 saturated carbocycles. The molecule has 0 aliphatic carbocycles. The van der Waals surface area contributed by atoms with E-state index >= 15 is 0 Å². The topological polar surface area (TPSA) is 17.8 Å². The van der Waals surface area contributed by atoms with Gasteiger partial charge >= 0.3 is 0 Å². The molecule has 2 heterocycles. The third kappa shape index (κ3) is 3.10. The first-order valence-corrected chi connectivity index (χ1v) is 10.7. The zero-order valence-corrected chi connectivity index (χ0v) is 17.4. The Morgan fingerprint density at radius 2 is 1.19 bits per heavy atom. The molecule has 6 rings (SSSR count). The average molecular weight is 406 g/mol. The summed E-state index contributed by atoms with van der Waals surface area (Å²) in [4.78, 5) is 5.12. The van der Waals surface area contributed by atoms with Crippen LogP contribution < -0.4 is 5.46 Å². The second-order valence-corrected chi connectivity index (χ2v) is 7.96. The summed E-state index contributed by atoms with van der Waals surface area (Å²) in [7, 11) is 6.20. The normalized spacial score (nSPS) is 11.2. The highest BCUT2D eigenvalue weighted by atomic mass is 15.1. The Bertz CT molecular complexity index is 1510. The van der Waals surface area contributed by atoms with E-state index in [9.17, 15) is 0 Å². The average Bonchev–Trinajstić information content (AvgIpc) is 3.18. The van der Waals surface area contributed by atoms with E-state index in [1.165, 1.54) is 10.8 Å². The van der Waals surface area contributed by atoms with Crippen molar-refractivity contribution in [2.45, 2.75) is 0 Å². The molecule has 2 radical (unpaired) electrons. The number of rotatable bonds is 3. The maximum absolute atomic E-state index is 6.20. The third-order valence-electron chi connectivity index (χ3n) is 5.92. The minimum Gasteiger partial charge on any atom is -0.294 e. The largest absolute Gasteiger partial charge is 0.294 e. The molecule has 4 aromatic carbocycles. The maximum atomic E-state index is 6.20. The molecule has 3 heteroatoms. The van der Waals surface area contributed by atoms with Crippen LogP contribution in [0.1, 0.15) is 0 Å². The smallest absolute Gasteiger partial charge is 0.138 e. The maximum Gasteiger partial charge on any atom is 0.138 e. The number of benzene rings is 4. The van der Waals surface area contributed by atoms with Gasteiger partial charge in [0, 0.05) is 16.3 Å². The van der Waals surface area contributed by atoms with Crippen molar-refractivity contribution in [2.75, 3.05) is 0 Å². The van der Waals surface area contributed by atoms with Crippen LogP contribution in [-0.4, -0.2) is 17.4 Å². The van der Waals surface area contributed by atoms with Crippen LogP contribution in [0.4, 0.5) is 0 Å². The fraction of sp³-hybridized carbons (Fsp3) is 0. The van der Waals surface area contributed by atoms with Crippen molar-refractivity contribution in [3.63, 3.8) is 0 Å². The second-order valence-electron chi connectivity index (χ2n) is 7.96. The van der Waals surface area contributed by atoms with Gasteiger partial charge in [0.15, 0.2) is 0 Å². The van der Waals surface area contributed by atoms with Gasteiger partial charge in [-0.3, -0.25) is 4.57 Å². The Kier molecular flexibility index (Phi) is 4.40. The van der Waals surface area contributed by atoms with E-state index in [2.05, 4.69) is 83.4 Å². The van der Waals surface area contributed by atoms with Crippen molar-refractivity contribution >= 4 is 35.1 Å². The number of para-hydroxylation sites is 1. The summed E-state index contributed by atoms with van der Waals surface area (Å²) < 4.78 is 2.22. The van der Waals surface area contributed by atoms with Gasteiger partial charge in [-0.15, -0.1) is 0 Å². The van der Waals surface area contributed by atoms with Gasteiger partial charge in [-0.2, -0.15) is 0 Å². The quantitative estimate of drug-likeness (QED) is 0.315. The molecule has 0 fully saturated rings. The molecule has 0 aliphatic heterocycles. The summed E-state index contributed by atoms with van der Waals surface area (Å²) >= 11 is 0. The van der Waals surface area contributed by atoms with Gasteiger partial charge in [0.2, 0.25) is 0 Å². The minimum atomic E-state index is 0.740. The molecular formula is C29H19BN2. The Labute approximate surface area is 188 Å². The third-order valence-corrected chi connectivity index (χ3v) is 5.92. The summed E-state index contributed by atoms with van der Waals surface area (Å²) in [6.07, 6.45) is 0. The second kappa shape index (κ2) is 7.54. The molecule has 2 nitrogen and oxygen atoms in total. The first kappa shape index (κ1) is 18.6. The fourth-order valence-electron chi connectivity index (χ4n) is 4.42. The van der Waals surface area contributed by atoms with E-state index in [4.69, 9.17) is 12.8 Å². The Hall–Kier alpha value is -4.11. The van der Waals surface area contributed by atoms with Crippen LogP contribution in [0.2, 0.25) is 0 Å². The van der Waals surface area contributed by atoms with E-state index in [-0.39, 0.29) is 0 Å². The molecule has 0 unspecified atom stereocenters. The Balaban J connectivity index is 1.70. The molecule has 32 heavy (non-hydrogen) atoms. The zero-order chi connectivity index (χ0) is 21.5. The Morgan fingerprint density at radius 1 is 0.531 bits per heavy atom. The van der Waals surface area contributed by atoms with Crippen LogP contribution in [0.15, 0.2) is 115 Å². The van der Waals surface area contributed by atoms with E-state index < -0.39 is 0 Å². The van der Waals surface area contributed by atoms with E-state index in [1.54, 1.807) is 0 Å². The standard InChI is InChI=1S/C29H19BN2/c30-23-15-16-25-24-13-7-8-14-27(24)32(28(25)19-23)29-18-22(20-9-3-1-4-10-20)17-26(31-29)21-11-5-2-6-12-21/h1-19H. The highest BCUT2D eigenvalue weighted by Crippen LogP contribution is 2.33. The molecule has 0 atom stereocenters. The van der Waals surface area contributed by atoms with E-state index in [0.717, 1.165) is 44.7 Å². The lowest BCUT2D eigenvalue weighted by molar-refractivity contribution is 1.08. The molecule has 0 bridgehead atoms. The summed E-state index contributed by atoms with van der Waals surface area (Å²) in [6, 6.07) is 39.6. The van der Waals surface area contributed by atoms with Crippen LogP contribution in [0, 0.1) is 0 Å². The first-order chi connectivity index (χ1) is 15.8. The van der Waals surface area contributed by atoms with Gasteiger partial charge in [-0.1, -0.05) is 96.5 Å². The molecule has 148 valence electrons. The number of hydrogen-bond acceptors (Lipinski definition) is 1. The lowest BCUT2D eigenvalue weighted by atomic mass is 9.95. The number of fused-ring (bicyclic) bond motifs is 3. The molecule has 0 saturated heterocycles. The minimum absolute atomic E-state index is 0.740. The summed E-state index contributed by atoms with van der Waals surface area (Å²) in [5.74, 6) is 0.877. The SMILES string of the molecule is [B]c1ccc2c3ccccc3n(-c3cc(-c4ccccc4)cc(-c4ccccc4)n3)c2c1. The van der Waals surface area contributed by atoms with Crippen molar-refractivity contribution in [1.29, 1.82) is 0 Å². The van der Waals surface area contributed by atoms with Crippen molar-refractivity contribution in [1.82, 2.24) is 9.55 Å². The van der Waals surface area contributed by atoms with Gasteiger partial charge in [-0.05, 0) is 35.4 Å². The predicted octanol–water partition coefficient (Wildman–Crippen LogP) is 6.31. The van der Waals surface area contributed by atoms with Crippen LogP contribution in [0.3, 0.4) is 0 Å². The fourth-order valence-corrected chi connectivity index (χ4v) is 4.42. The summed E-state index contributed by atoms with van der Waals surface area (Å²) in [5, 5.41) is 2.36. The van der Waals surface area contributed by atoms with E-state index in [1.807, 2.05) is 36.4 Å². The van der Waals surface area contributed by atoms with Gasteiger partial charge in [-0.25, -0.2) is 4.98 Å². The van der Waals surface area contributed by atoms with Crippen LogP contribution in [0.5, 0.6) is 0 Å². The van der Waals surface area contributed by atoms with Gasteiger partial charge in [0.25, 0.3) is 0 Å². The van der Waals surface area contributed by atoms with Crippen molar-refractivity contribution in [3.05, 3.63) is 115 Å². The predicted molar refractivity (Wildman–Crippen MR) is 135 cm³/mol. The highest BCUT2D eigenvalue weighted by molar-refractivity contribution is 6.33. The molecular weight excluding hydrogens is 387 g/mol. The Morgan fingerprint density at radius 3 is 1.97 bits per heavy atom. The number of hydrogen-bond donors (Lipinski definition) is 0. The van der Waals surface area contributed by atoms with Crippen molar-refractivity contribution < 1.29 is 0 Å². The van der Waals surface area contributed by atoms with Crippen LogP contribution in [0.25, 0.3) is 50.0 Å². The van der Waals surface area contributed by atoms with Gasteiger partial charge in [0.1, 0.15) is 13.7 Å². The molecule has 0 N–H and O–H groups in total. The first-order valence-electron chi connectivity index (χ1n) is 10.7. The lowest BCUT2D eigenvalue weighted by Crippen LogP contribution is -2.04. The van der Waals surface area contributed by atoms with Crippen LogP contribution in [-0.2, 0) is 0 Å². The highest BCUT2D eigenvalue weighted by Gasteiger charge is 2.15. The molecule has 0 spiro atoms.